The highest BCUT2D eigenvalue weighted by atomic mass is 32.2. The van der Waals surface area contributed by atoms with Gasteiger partial charge in [0.05, 0.1) is 5.75 Å². The Morgan fingerprint density at radius 2 is 2.29 bits per heavy atom. The van der Waals surface area contributed by atoms with Gasteiger partial charge in [-0.1, -0.05) is 18.7 Å². The Bertz CT molecular complexity index is 689. The summed E-state index contributed by atoms with van der Waals surface area (Å²) in [6.45, 7) is 2.99. The van der Waals surface area contributed by atoms with Crippen LogP contribution in [0.2, 0.25) is 0 Å². The van der Waals surface area contributed by atoms with Crippen LogP contribution < -0.4 is 5.84 Å². The molecule has 24 heavy (non-hydrogen) atoms. The predicted molar refractivity (Wildman–Crippen MR) is 93.8 cm³/mol. The molecule has 0 unspecified atom stereocenters. The molecule has 0 saturated carbocycles. The standard InChI is InChI=1S/C16H22N6OS/c1-2-13-7-3-4-9-21(13)14(23)11-24-16-20-19-15(22(16)17)12-6-5-8-18-10-12/h5-6,8,10,13H,2-4,7,9,11,17H2,1H3/t13-/m1/s1. The van der Waals surface area contributed by atoms with E-state index in [2.05, 4.69) is 22.1 Å². The lowest BCUT2D eigenvalue weighted by atomic mass is 10.0. The molecule has 1 amide bonds. The molecule has 0 aliphatic carbocycles. The van der Waals surface area contributed by atoms with Gasteiger partial charge in [0.15, 0.2) is 5.82 Å². The Balaban J connectivity index is 1.65. The van der Waals surface area contributed by atoms with Gasteiger partial charge in [-0.15, -0.1) is 10.2 Å². The number of nitrogens with zero attached hydrogens (tertiary/aromatic N) is 5. The fraction of sp³-hybridized carbons (Fsp3) is 0.500. The van der Waals surface area contributed by atoms with Crippen molar-refractivity contribution in [2.75, 3.05) is 18.1 Å². The first-order valence-corrected chi connectivity index (χ1v) is 9.22. The van der Waals surface area contributed by atoms with Crippen LogP contribution in [-0.4, -0.2) is 49.0 Å². The van der Waals surface area contributed by atoms with Gasteiger partial charge in [0.1, 0.15) is 0 Å². The third kappa shape index (κ3) is 3.53. The van der Waals surface area contributed by atoms with Crippen LogP contribution in [0.25, 0.3) is 11.4 Å². The predicted octanol–water partition coefficient (Wildman–Crippen LogP) is 1.94. The van der Waals surface area contributed by atoms with Crippen LogP contribution in [0.4, 0.5) is 0 Å². The zero-order valence-corrected chi connectivity index (χ0v) is 14.6. The van der Waals surface area contributed by atoms with Gasteiger partial charge in [0, 0.05) is 30.5 Å². The van der Waals surface area contributed by atoms with Crippen molar-refractivity contribution in [1.29, 1.82) is 0 Å². The van der Waals surface area contributed by atoms with Crippen molar-refractivity contribution < 1.29 is 4.79 Å². The quantitative estimate of drug-likeness (QED) is 0.657. The van der Waals surface area contributed by atoms with Gasteiger partial charge >= 0.3 is 0 Å². The molecule has 0 aromatic carbocycles. The fourth-order valence-corrected chi connectivity index (χ4v) is 3.77. The number of nitrogen functional groups attached to an aromatic ring is 1. The van der Waals surface area contributed by atoms with E-state index < -0.39 is 0 Å². The van der Waals surface area contributed by atoms with Gasteiger partial charge in [-0.2, -0.15) is 0 Å². The van der Waals surface area contributed by atoms with Crippen molar-refractivity contribution in [2.24, 2.45) is 0 Å². The van der Waals surface area contributed by atoms with Crippen LogP contribution in [-0.2, 0) is 4.79 Å². The largest absolute Gasteiger partial charge is 0.339 e. The number of nitrogens with two attached hydrogens (primary N) is 1. The van der Waals surface area contributed by atoms with Crippen LogP contribution in [0, 0.1) is 0 Å². The molecule has 1 atom stereocenters. The average Bonchev–Trinajstić information content (AvgIpc) is 3.01. The first-order valence-electron chi connectivity index (χ1n) is 8.24. The summed E-state index contributed by atoms with van der Waals surface area (Å²) < 4.78 is 1.42. The van der Waals surface area contributed by atoms with E-state index in [1.165, 1.54) is 22.9 Å². The summed E-state index contributed by atoms with van der Waals surface area (Å²) >= 11 is 1.33. The molecule has 1 fully saturated rings. The van der Waals surface area contributed by atoms with Crippen molar-refractivity contribution in [3.05, 3.63) is 24.5 Å². The molecular formula is C16H22N6OS. The second-order valence-electron chi connectivity index (χ2n) is 5.85. The van der Waals surface area contributed by atoms with Crippen LogP contribution in [0.15, 0.2) is 29.7 Å². The molecule has 7 nitrogen and oxygen atoms in total. The van der Waals surface area contributed by atoms with E-state index >= 15 is 0 Å². The van der Waals surface area contributed by atoms with E-state index in [1.807, 2.05) is 17.0 Å². The highest BCUT2D eigenvalue weighted by molar-refractivity contribution is 7.99. The lowest BCUT2D eigenvalue weighted by Crippen LogP contribution is -2.44. The van der Waals surface area contributed by atoms with Gasteiger partial charge in [0.2, 0.25) is 11.1 Å². The fourth-order valence-electron chi connectivity index (χ4n) is 3.03. The summed E-state index contributed by atoms with van der Waals surface area (Å²) in [6.07, 6.45) is 7.79. The van der Waals surface area contributed by atoms with Gasteiger partial charge in [-0.05, 0) is 37.8 Å². The third-order valence-corrected chi connectivity index (χ3v) is 5.26. The molecule has 2 aromatic rings. The van der Waals surface area contributed by atoms with E-state index in [1.54, 1.807) is 12.4 Å². The van der Waals surface area contributed by atoms with E-state index in [9.17, 15) is 4.79 Å². The van der Waals surface area contributed by atoms with Gasteiger partial charge in [-0.3, -0.25) is 9.78 Å². The lowest BCUT2D eigenvalue weighted by molar-refractivity contribution is -0.132. The first-order chi connectivity index (χ1) is 11.7. The van der Waals surface area contributed by atoms with E-state index in [4.69, 9.17) is 5.84 Å². The van der Waals surface area contributed by atoms with Gasteiger partial charge in [-0.25, -0.2) is 4.68 Å². The lowest BCUT2D eigenvalue weighted by Gasteiger charge is -2.35. The Labute approximate surface area is 145 Å². The monoisotopic (exact) mass is 346 g/mol. The zero-order chi connectivity index (χ0) is 16.9. The molecule has 1 aliphatic heterocycles. The van der Waals surface area contributed by atoms with Crippen molar-refractivity contribution in [1.82, 2.24) is 24.8 Å². The van der Waals surface area contributed by atoms with Crippen molar-refractivity contribution in [2.45, 2.75) is 43.8 Å². The number of likely N-dealkylation sites (tertiary alicyclic amines) is 1. The number of pyridine rings is 1. The molecule has 3 heterocycles. The SMILES string of the molecule is CC[C@@H]1CCCCN1C(=O)CSc1nnc(-c2cccnc2)n1N. The molecule has 2 N–H and O–H groups in total. The van der Waals surface area contributed by atoms with Crippen molar-refractivity contribution >= 4 is 17.7 Å². The van der Waals surface area contributed by atoms with Gasteiger partial charge < -0.3 is 10.7 Å². The molecule has 2 aromatic heterocycles. The summed E-state index contributed by atoms with van der Waals surface area (Å²) in [5.74, 6) is 7.10. The highest BCUT2D eigenvalue weighted by Crippen LogP contribution is 2.24. The van der Waals surface area contributed by atoms with Crippen LogP contribution >= 0.6 is 11.8 Å². The minimum Gasteiger partial charge on any atom is -0.339 e. The Hall–Kier alpha value is -2.09. The summed E-state index contributed by atoms with van der Waals surface area (Å²) in [7, 11) is 0. The second kappa shape index (κ2) is 7.65. The van der Waals surface area contributed by atoms with E-state index in [0.29, 0.717) is 22.8 Å². The van der Waals surface area contributed by atoms with Crippen LogP contribution in [0.3, 0.4) is 0 Å². The normalized spacial score (nSPS) is 17.9. The number of aromatic nitrogens is 4. The Morgan fingerprint density at radius 3 is 3.04 bits per heavy atom. The molecule has 0 bridgehead atoms. The molecular weight excluding hydrogens is 324 g/mol. The van der Waals surface area contributed by atoms with Crippen molar-refractivity contribution in [3.63, 3.8) is 0 Å². The van der Waals surface area contributed by atoms with Gasteiger partial charge in [0.25, 0.3) is 0 Å². The number of carbonyl (C=O) groups excluding carboxylic acids is 1. The topological polar surface area (TPSA) is 89.9 Å². The smallest absolute Gasteiger partial charge is 0.233 e. The molecule has 0 spiro atoms. The molecule has 8 heteroatoms. The average molecular weight is 346 g/mol. The van der Waals surface area contributed by atoms with E-state index in [0.717, 1.165) is 31.4 Å². The summed E-state index contributed by atoms with van der Waals surface area (Å²) in [5, 5.41) is 8.75. The zero-order valence-electron chi connectivity index (χ0n) is 13.8. The summed E-state index contributed by atoms with van der Waals surface area (Å²) in [4.78, 5) is 18.6. The summed E-state index contributed by atoms with van der Waals surface area (Å²) in [5.41, 5.74) is 0.799. The Kier molecular flexibility index (Phi) is 5.34. The second-order valence-corrected chi connectivity index (χ2v) is 6.79. The van der Waals surface area contributed by atoms with Crippen LogP contribution in [0.1, 0.15) is 32.6 Å². The minimum atomic E-state index is 0.150. The molecule has 0 radical (unpaired) electrons. The number of rotatable bonds is 5. The maximum absolute atomic E-state index is 12.5. The Morgan fingerprint density at radius 1 is 1.42 bits per heavy atom. The molecule has 1 aliphatic rings. The third-order valence-electron chi connectivity index (χ3n) is 4.33. The number of hydrogen-bond acceptors (Lipinski definition) is 6. The number of thioether (sulfide) groups is 1. The highest BCUT2D eigenvalue weighted by Gasteiger charge is 2.25. The number of carbonyl (C=O) groups is 1. The first kappa shape index (κ1) is 16.8. The summed E-state index contributed by atoms with van der Waals surface area (Å²) in [6, 6.07) is 4.06. The maximum Gasteiger partial charge on any atom is 0.233 e. The number of amides is 1. The minimum absolute atomic E-state index is 0.150. The molecule has 1 saturated heterocycles. The molecule has 3 rings (SSSR count). The maximum atomic E-state index is 12.5. The number of hydrogen-bond donors (Lipinski definition) is 1. The van der Waals surface area contributed by atoms with Crippen molar-refractivity contribution in [3.8, 4) is 11.4 Å². The molecule has 128 valence electrons. The van der Waals surface area contributed by atoms with E-state index in [-0.39, 0.29) is 5.91 Å². The number of piperidine rings is 1. The van der Waals surface area contributed by atoms with Crippen LogP contribution in [0.5, 0.6) is 0 Å².